The van der Waals surface area contributed by atoms with Crippen molar-refractivity contribution in [3.8, 4) is 0 Å². The third-order valence-electron chi connectivity index (χ3n) is 1.22. The first-order valence-electron chi connectivity index (χ1n) is 4.45. The number of halogens is 1. The van der Waals surface area contributed by atoms with Gasteiger partial charge in [-0.15, -0.1) is 6.58 Å². The van der Waals surface area contributed by atoms with E-state index in [1.165, 1.54) is 5.56 Å². The molecule has 13 heavy (non-hydrogen) atoms. The van der Waals surface area contributed by atoms with Crippen molar-refractivity contribution >= 4 is 19.2 Å². The molecule has 1 aromatic rings. The molecule has 0 saturated heterocycles. The molecule has 0 saturated carbocycles. The lowest BCUT2D eigenvalue weighted by molar-refractivity contribution is 1.28. The van der Waals surface area contributed by atoms with Gasteiger partial charge in [0.05, 0.1) is 0 Å². The van der Waals surface area contributed by atoms with Gasteiger partial charge in [-0.3, -0.25) is 0 Å². The van der Waals surface area contributed by atoms with Crippen LogP contribution in [-0.4, -0.2) is 8.11 Å². The fraction of sp³-hybridized carbons (Fsp3) is 0.273. The van der Waals surface area contributed by atoms with E-state index in [0.717, 1.165) is 6.42 Å². The molecule has 0 fully saturated rings. The second kappa shape index (κ2) is 8.08. The summed E-state index contributed by atoms with van der Waals surface area (Å²) >= 11 is 5.41. The van der Waals surface area contributed by atoms with Crippen LogP contribution in [0.1, 0.15) is 5.56 Å². The predicted molar refractivity (Wildman–Crippen MR) is 65.1 cm³/mol. The van der Waals surface area contributed by atoms with Crippen LogP contribution >= 0.6 is 11.1 Å². The Balaban J connectivity index is 0.000000310. The van der Waals surface area contributed by atoms with Gasteiger partial charge in [-0.2, -0.15) is 11.1 Å². The molecule has 0 N–H and O–H groups in total. The number of benzene rings is 1. The van der Waals surface area contributed by atoms with Gasteiger partial charge in [0.15, 0.2) is 0 Å². The molecule has 0 heterocycles. The second-order valence-electron chi connectivity index (χ2n) is 2.99. The van der Waals surface area contributed by atoms with Crippen LogP contribution in [0.15, 0.2) is 43.0 Å². The molecule has 0 aliphatic heterocycles. The highest BCUT2D eigenvalue weighted by atomic mass is 35.6. The lowest BCUT2D eigenvalue weighted by Crippen LogP contribution is -1.78. The molecule has 0 atom stereocenters. The molecule has 0 radical (unpaired) electrons. The van der Waals surface area contributed by atoms with Crippen molar-refractivity contribution in [3.05, 3.63) is 48.6 Å². The molecule has 0 aliphatic rings. The van der Waals surface area contributed by atoms with Gasteiger partial charge in [-0.1, -0.05) is 49.5 Å². The molecule has 0 aromatic heterocycles. The largest absolute Gasteiger partial charge is 0.172 e. The summed E-state index contributed by atoms with van der Waals surface area (Å²) in [5.41, 5.74) is 1.33. The standard InChI is InChI=1S/C9H10.C2H7ClSi/c1-2-6-9-7-4-3-5-8-9;1-4(2)3/h2-5,7-8H,1,6H2;4H,1-2H3. The van der Waals surface area contributed by atoms with Gasteiger partial charge in [-0.25, -0.2) is 0 Å². The monoisotopic (exact) mass is 212 g/mol. The Labute approximate surface area is 87.6 Å². The molecular weight excluding hydrogens is 196 g/mol. The fourth-order valence-electron chi connectivity index (χ4n) is 0.781. The Morgan fingerprint density at radius 3 is 2.15 bits per heavy atom. The molecule has 0 amide bonds. The smallest absolute Gasteiger partial charge is 0.134 e. The van der Waals surface area contributed by atoms with Gasteiger partial charge in [0.25, 0.3) is 0 Å². The van der Waals surface area contributed by atoms with Crippen molar-refractivity contribution in [1.82, 2.24) is 0 Å². The van der Waals surface area contributed by atoms with Crippen molar-refractivity contribution in [3.63, 3.8) is 0 Å². The van der Waals surface area contributed by atoms with Gasteiger partial charge >= 0.3 is 0 Å². The van der Waals surface area contributed by atoms with Gasteiger partial charge in [0.1, 0.15) is 8.11 Å². The number of hydrogen-bond donors (Lipinski definition) is 0. The molecule has 1 rings (SSSR count). The normalized spacial score (nSPS) is 8.92. The van der Waals surface area contributed by atoms with E-state index in [1.54, 1.807) is 0 Å². The van der Waals surface area contributed by atoms with Crippen molar-refractivity contribution in [2.75, 3.05) is 0 Å². The van der Waals surface area contributed by atoms with Crippen LogP contribution < -0.4 is 0 Å². The summed E-state index contributed by atoms with van der Waals surface area (Å²) in [4.78, 5) is 0. The summed E-state index contributed by atoms with van der Waals surface area (Å²) in [5, 5.41) is 0. The maximum absolute atomic E-state index is 5.41. The van der Waals surface area contributed by atoms with Crippen LogP contribution in [0.2, 0.25) is 13.1 Å². The number of allylic oxidation sites excluding steroid dienone is 1. The van der Waals surface area contributed by atoms with Crippen molar-refractivity contribution < 1.29 is 0 Å². The first-order valence-corrected chi connectivity index (χ1v) is 8.51. The van der Waals surface area contributed by atoms with E-state index in [4.69, 9.17) is 11.1 Å². The van der Waals surface area contributed by atoms with E-state index in [0.29, 0.717) is 0 Å². The van der Waals surface area contributed by atoms with Gasteiger partial charge in [0, 0.05) is 0 Å². The van der Waals surface area contributed by atoms with Gasteiger partial charge in [-0.05, 0) is 12.0 Å². The molecule has 0 nitrogen and oxygen atoms in total. The third kappa shape index (κ3) is 9.38. The van der Waals surface area contributed by atoms with E-state index >= 15 is 0 Å². The zero-order valence-electron chi connectivity index (χ0n) is 8.33. The van der Waals surface area contributed by atoms with Gasteiger partial charge in [0.2, 0.25) is 0 Å². The summed E-state index contributed by atoms with van der Waals surface area (Å²) in [5.74, 6) is 0. The first-order chi connectivity index (χ1) is 6.16. The molecule has 2 heteroatoms. The van der Waals surface area contributed by atoms with Gasteiger partial charge < -0.3 is 0 Å². The average Bonchev–Trinajstić information content (AvgIpc) is 2.06. The SMILES string of the molecule is C=CCc1ccccc1.C[SiH](C)Cl. The minimum atomic E-state index is -0.667. The maximum Gasteiger partial charge on any atom is 0.134 e. The minimum Gasteiger partial charge on any atom is -0.172 e. The topological polar surface area (TPSA) is 0 Å². The van der Waals surface area contributed by atoms with E-state index in [1.807, 2.05) is 24.3 Å². The highest BCUT2D eigenvalue weighted by Crippen LogP contribution is 1.98. The maximum atomic E-state index is 5.41. The molecule has 0 spiro atoms. The quantitative estimate of drug-likeness (QED) is 0.399. The predicted octanol–water partition coefficient (Wildman–Crippen LogP) is 3.62. The summed E-state index contributed by atoms with van der Waals surface area (Å²) in [6.07, 6.45) is 2.89. The Hall–Kier alpha value is -0.533. The Kier molecular flexibility index (Phi) is 7.75. The van der Waals surface area contributed by atoms with Crippen LogP contribution in [0.25, 0.3) is 0 Å². The third-order valence-corrected chi connectivity index (χ3v) is 1.22. The van der Waals surface area contributed by atoms with E-state index in [-0.39, 0.29) is 0 Å². The van der Waals surface area contributed by atoms with Crippen LogP contribution in [0, 0.1) is 0 Å². The average molecular weight is 213 g/mol. The molecule has 0 unspecified atom stereocenters. The molecule has 0 bridgehead atoms. The summed E-state index contributed by atoms with van der Waals surface area (Å²) < 4.78 is 0. The molecule has 1 aromatic carbocycles. The highest BCUT2D eigenvalue weighted by Gasteiger charge is 1.82. The molecule has 0 aliphatic carbocycles. The van der Waals surface area contributed by atoms with E-state index in [2.05, 4.69) is 31.8 Å². The Morgan fingerprint density at radius 2 is 1.77 bits per heavy atom. The summed E-state index contributed by atoms with van der Waals surface area (Å²) in [6, 6.07) is 10.3. The zero-order valence-corrected chi connectivity index (χ0v) is 10.2. The van der Waals surface area contributed by atoms with Crippen molar-refractivity contribution in [2.45, 2.75) is 19.5 Å². The first kappa shape index (κ1) is 12.5. The van der Waals surface area contributed by atoms with Crippen LogP contribution in [0.4, 0.5) is 0 Å². The Morgan fingerprint density at radius 1 is 1.31 bits per heavy atom. The van der Waals surface area contributed by atoms with E-state index in [9.17, 15) is 0 Å². The highest BCUT2D eigenvalue weighted by molar-refractivity contribution is 7.05. The minimum absolute atomic E-state index is 0.667. The van der Waals surface area contributed by atoms with E-state index < -0.39 is 8.11 Å². The lowest BCUT2D eigenvalue weighted by Gasteiger charge is -1.91. The summed E-state index contributed by atoms with van der Waals surface area (Å²) in [7, 11) is -0.667. The summed E-state index contributed by atoms with van der Waals surface area (Å²) in [6.45, 7) is 7.80. The molecule has 72 valence electrons. The number of rotatable bonds is 2. The van der Waals surface area contributed by atoms with Crippen LogP contribution in [-0.2, 0) is 6.42 Å². The number of hydrogen-bond acceptors (Lipinski definition) is 0. The van der Waals surface area contributed by atoms with Crippen LogP contribution in [0.5, 0.6) is 0 Å². The Bertz CT molecular complexity index is 216. The zero-order chi connectivity index (χ0) is 10.1. The molecular formula is C11H17ClSi. The van der Waals surface area contributed by atoms with Crippen LogP contribution in [0.3, 0.4) is 0 Å². The lowest BCUT2D eigenvalue weighted by atomic mass is 10.2. The fourth-order valence-corrected chi connectivity index (χ4v) is 0.781. The second-order valence-corrected chi connectivity index (χ2v) is 7.64. The van der Waals surface area contributed by atoms with Crippen molar-refractivity contribution in [2.24, 2.45) is 0 Å². The van der Waals surface area contributed by atoms with Crippen molar-refractivity contribution in [1.29, 1.82) is 0 Å².